The third-order valence-electron chi connectivity index (χ3n) is 2.36. The van der Waals surface area contributed by atoms with Crippen molar-refractivity contribution in [2.45, 2.75) is 31.6 Å². The Bertz CT molecular complexity index is 261. The van der Waals surface area contributed by atoms with Gasteiger partial charge in [0.05, 0.1) is 17.6 Å². The highest BCUT2D eigenvalue weighted by Crippen LogP contribution is 2.00. The first-order chi connectivity index (χ1) is 7.44. The molecule has 0 aliphatic rings. The van der Waals surface area contributed by atoms with E-state index in [1.54, 1.807) is 21.0 Å². The molecule has 1 N–H and O–H groups in total. The van der Waals surface area contributed by atoms with Gasteiger partial charge in [-0.2, -0.15) is 0 Å². The molecule has 0 saturated heterocycles. The van der Waals surface area contributed by atoms with Gasteiger partial charge < -0.3 is 10.1 Å². The first-order valence-electron chi connectivity index (χ1n) is 5.44. The molecule has 0 aliphatic heterocycles. The number of alkyl halides is 1. The molecule has 0 spiro atoms. The zero-order valence-electron chi connectivity index (χ0n) is 10.2. The maximum Gasteiger partial charge on any atom is 0.153 e. The highest BCUT2D eigenvalue weighted by atomic mass is 35.5. The van der Waals surface area contributed by atoms with Crippen LogP contribution in [0.5, 0.6) is 0 Å². The fraction of sp³-hybridized carbons (Fsp3) is 1.00. The molecule has 0 saturated carbocycles. The van der Waals surface area contributed by atoms with E-state index in [0.29, 0.717) is 19.0 Å². The van der Waals surface area contributed by atoms with E-state index in [2.05, 4.69) is 5.32 Å². The monoisotopic (exact) mass is 271 g/mol. The van der Waals surface area contributed by atoms with Crippen LogP contribution in [0.1, 0.15) is 20.3 Å². The van der Waals surface area contributed by atoms with Gasteiger partial charge in [-0.05, 0) is 20.3 Å². The van der Waals surface area contributed by atoms with Crippen LogP contribution < -0.4 is 5.32 Å². The lowest BCUT2D eigenvalue weighted by Crippen LogP contribution is -2.37. The average Bonchev–Trinajstić information content (AvgIpc) is 2.17. The van der Waals surface area contributed by atoms with E-state index < -0.39 is 9.84 Å². The topological polar surface area (TPSA) is 55.4 Å². The van der Waals surface area contributed by atoms with Gasteiger partial charge in [0.2, 0.25) is 0 Å². The Morgan fingerprint density at radius 2 is 2.00 bits per heavy atom. The molecule has 0 radical (unpaired) electrons. The van der Waals surface area contributed by atoms with Gasteiger partial charge in [-0.1, -0.05) is 0 Å². The molecule has 4 nitrogen and oxygen atoms in total. The van der Waals surface area contributed by atoms with E-state index in [0.717, 1.165) is 6.42 Å². The maximum atomic E-state index is 11.5. The van der Waals surface area contributed by atoms with Crippen LogP contribution in [0.4, 0.5) is 0 Å². The van der Waals surface area contributed by atoms with Gasteiger partial charge in [0.1, 0.15) is 0 Å². The van der Waals surface area contributed by atoms with Crippen molar-refractivity contribution in [3.63, 3.8) is 0 Å². The second-order valence-electron chi connectivity index (χ2n) is 4.00. The lowest BCUT2D eigenvalue weighted by Gasteiger charge is -2.17. The number of sulfone groups is 1. The summed E-state index contributed by atoms with van der Waals surface area (Å²) in [5.74, 6) is 0.700. The van der Waals surface area contributed by atoms with E-state index in [1.165, 1.54) is 0 Å². The van der Waals surface area contributed by atoms with Crippen LogP contribution in [-0.2, 0) is 14.6 Å². The van der Waals surface area contributed by atoms with E-state index >= 15 is 0 Å². The van der Waals surface area contributed by atoms with Crippen LogP contribution in [0.15, 0.2) is 0 Å². The third-order valence-corrected chi connectivity index (χ3v) is 4.79. The predicted molar refractivity (Wildman–Crippen MR) is 67.9 cm³/mol. The van der Waals surface area contributed by atoms with Crippen molar-refractivity contribution >= 4 is 21.4 Å². The summed E-state index contributed by atoms with van der Waals surface area (Å²) in [6.07, 6.45) is 0.775. The highest BCUT2D eigenvalue weighted by Gasteiger charge is 2.16. The Balaban J connectivity index is 3.94. The molecule has 16 heavy (non-hydrogen) atoms. The van der Waals surface area contributed by atoms with E-state index in [9.17, 15) is 8.42 Å². The zero-order valence-corrected chi connectivity index (χ0v) is 11.8. The second-order valence-corrected chi connectivity index (χ2v) is 7.05. The van der Waals surface area contributed by atoms with Crippen molar-refractivity contribution in [1.82, 2.24) is 5.32 Å². The normalized spacial score (nSPS) is 14.3. The summed E-state index contributed by atoms with van der Waals surface area (Å²) < 4.78 is 28.1. The largest absolute Gasteiger partial charge is 0.383 e. The van der Waals surface area contributed by atoms with Crippen LogP contribution in [0.25, 0.3) is 0 Å². The number of hydrogen-bond donors (Lipinski definition) is 1. The van der Waals surface area contributed by atoms with Gasteiger partial charge in [0, 0.05) is 25.6 Å². The van der Waals surface area contributed by atoms with E-state index in [-0.39, 0.29) is 17.0 Å². The van der Waals surface area contributed by atoms with Gasteiger partial charge in [0.25, 0.3) is 0 Å². The van der Waals surface area contributed by atoms with Crippen molar-refractivity contribution in [2.24, 2.45) is 0 Å². The van der Waals surface area contributed by atoms with Crippen molar-refractivity contribution in [2.75, 3.05) is 31.9 Å². The van der Waals surface area contributed by atoms with Crippen molar-refractivity contribution in [3.05, 3.63) is 0 Å². The molecule has 0 amide bonds. The Hall–Kier alpha value is 0.160. The number of ether oxygens (including phenoxy) is 1. The summed E-state index contributed by atoms with van der Waals surface area (Å²) in [6.45, 7) is 4.39. The number of halogens is 1. The Labute approximate surface area is 104 Å². The van der Waals surface area contributed by atoms with Gasteiger partial charge in [-0.15, -0.1) is 11.6 Å². The number of hydrogen-bond acceptors (Lipinski definition) is 4. The van der Waals surface area contributed by atoms with Crippen molar-refractivity contribution in [1.29, 1.82) is 0 Å². The van der Waals surface area contributed by atoms with Gasteiger partial charge in [0.15, 0.2) is 9.84 Å². The lowest BCUT2D eigenvalue weighted by atomic mass is 10.2. The van der Waals surface area contributed by atoms with Gasteiger partial charge in [-0.25, -0.2) is 8.42 Å². The maximum absolute atomic E-state index is 11.5. The summed E-state index contributed by atoms with van der Waals surface area (Å²) >= 11 is 5.64. The highest BCUT2D eigenvalue weighted by molar-refractivity contribution is 7.92. The quantitative estimate of drug-likeness (QED) is 0.637. The molecule has 0 bridgehead atoms. The molecule has 0 aromatic heterocycles. The van der Waals surface area contributed by atoms with Crippen LogP contribution in [0, 0.1) is 0 Å². The lowest BCUT2D eigenvalue weighted by molar-refractivity contribution is 0.166. The molecule has 0 fully saturated rings. The molecule has 98 valence electrons. The smallest absolute Gasteiger partial charge is 0.153 e. The first kappa shape index (κ1) is 16.2. The van der Waals surface area contributed by atoms with E-state index in [4.69, 9.17) is 16.3 Å². The molecule has 0 aliphatic carbocycles. The minimum Gasteiger partial charge on any atom is -0.383 e. The summed E-state index contributed by atoms with van der Waals surface area (Å²) in [6, 6.07) is 0.130. The molecule has 1 atom stereocenters. The second kappa shape index (κ2) is 8.28. The Kier molecular flexibility index (Phi) is 8.36. The van der Waals surface area contributed by atoms with E-state index in [1.807, 2.05) is 0 Å². The molecular weight excluding hydrogens is 250 g/mol. The third kappa shape index (κ3) is 6.68. The number of nitrogens with one attached hydrogen (secondary N) is 1. The average molecular weight is 272 g/mol. The summed E-state index contributed by atoms with van der Waals surface area (Å²) in [4.78, 5) is 0. The Morgan fingerprint density at radius 3 is 2.44 bits per heavy atom. The van der Waals surface area contributed by atoms with Crippen molar-refractivity contribution < 1.29 is 13.2 Å². The fourth-order valence-electron chi connectivity index (χ4n) is 1.22. The minimum absolute atomic E-state index is 0.130. The van der Waals surface area contributed by atoms with Crippen LogP contribution in [-0.4, -0.2) is 51.6 Å². The summed E-state index contributed by atoms with van der Waals surface area (Å²) in [7, 11) is -1.34. The summed E-state index contributed by atoms with van der Waals surface area (Å²) in [5.41, 5.74) is 0. The first-order valence-corrected chi connectivity index (χ1v) is 7.69. The number of rotatable bonds is 9. The Morgan fingerprint density at radius 1 is 1.38 bits per heavy atom. The number of methoxy groups -OCH3 is 1. The zero-order chi connectivity index (χ0) is 12.6. The van der Waals surface area contributed by atoms with Crippen LogP contribution in [0.2, 0.25) is 0 Å². The molecule has 6 heteroatoms. The minimum atomic E-state index is -2.96. The van der Waals surface area contributed by atoms with Crippen LogP contribution >= 0.6 is 11.6 Å². The molecule has 0 aromatic carbocycles. The predicted octanol–water partition coefficient (Wildman–Crippen LogP) is 1.04. The van der Waals surface area contributed by atoms with Crippen molar-refractivity contribution in [3.8, 4) is 0 Å². The van der Waals surface area contributed by atoms with Crippen LogP contribution in [0.3, 0.4) is 0 Å². The van der Waals surface area contributed by atoms with Gasteiger partial charge >= 0.3 is 0 Å². The van der Waals surface area contributed by atoms with Gasteiger partial charge in [-0.3, -0.25) is 0 Å². The molecule has 0 aromatic rings. The molecule has 0 heterocycles. The molecule has 1 unspecified atom stereocenters. The fourth-order valence-corrected chi connectivity index (χ4v) is 2.36. The molecule has 0 rings (SSSR count). The standard InChI is InChI=1S/C10H22ClNO3S/c1-9(2)16(13,14)7-6-12-10(4-5-11)8-15-3/h9-10,12H,4-8H2,1-3H3. The SMILES string of the molecule is COCC(CCCl)NCCS(=O)(=O)C(C)C. The molecular formula is C10H22ClNO3S. The summed E-state index contributed by atoms with van der Waals surface area (Å²) in [5, 5.41) is 2.83.